The van der Waals surface area contributed by atoms with Crippen LogP contribution in [0.5, 0.6) is 0 Å². The molecule has 0 aliphatic rings. The minimum absolute atomic E-state index is 0.211. The number of rotatable bonds is 4. The van der Waals surface area contributed by atoms with Gasteiger partial charge in [0, 0.05) is 0 Å². The highest BCUT2D eigenvalue weighted by Crippen LogP contribution is 2.43. The molecular formula is C29H42N2O2. The molecule has 0 aliphatic carbocycles. The maximum atomic E-state index is 11.9. The van der Waals surface area contributed by atoms with Gasteiger partial charge in [-0.1, -0.05) is 107 Å². The summed E-state index contributed by atoms with van der Waals surface area (Å²) < 4.78 is 0. The molecule has 2 aromatic rings. The fourth-order valence-corrected chi connectivity index (χ4v) is 4.31. The topological polar surface area (TPSA) is 58.9 Å². The molecule has 0 unspecified atom stereocenters. The normalized spacial score (nSPS) is 13.2. The van der Waals surface area contributed by atoms with Gasteiger partial charge < -0.3 is 0 Å². The first-order chi connectivity index (χ1) is 14.8. The van der Waals surface area contributed by atoms with Crippen molar-refractivity contribution in [2.75, 3.05) is 0 Å². The fourth-order valence-electron chi connectivity index (χ4n) is 4.31. The van der Waals surface area contributed by atoms with Gasteiger partial charge in [-0.3, -0.25) is 0 Å². The molecule has 2 rings (SSSR count). The second kappa shape index (κ2) is 8.77. The van der Waals surface area contributed by atoms with Crippen LogP contribution in [0.4, 0.5) is 11.4 Å². The van der Waals surface area contributed by atoms with E-state index in [1.807, 2.05) is 0 Å². The summed E-state index contributed by atoms with van der Waals surface area (Å²) in [6, 6.07) is 8.52. The average Bonchev–Trinajstić information content (AvgIpc) is 2.63. The van der Waals surface area contributed by atoms with E-state index < -0.39 is 0 Å². The predicted molar refractivity (Wildman–Crippen MR) is 141 cm³/mol. The molecule has 0 radical (unpaired) electrons. The van der Waals surface area contributed by atoms with Gasteiger partial charge in [0.15, 0.2) is 0 Å². The number of hydrogen-bond acceptors (Lipinski definition) is 4. The van der Waals surface area contributed by atoms with Crippen molar-refractivity contribution in [1.82, 2.24) is 0 Å². The van der Waals surface area contributed by atoms with Gasteiger partial charge in [0.1, 0.15) is 11.4 Å². The van der Waals surface area contributed by atoms with Gasteiger partial charge in [0.2, 0.25) is 0 Å². The predicted octanol–water partition coefficient (Wildman–Crippen LogP) is 9.26. The first-order valence-electron chi connectivity index (χ1n) is 11.8. The van der Waals surface area contributed by atoms with Crippen LogP contribution in [-0.2, 0) is 28.1 Å². The SMILES string of the molecule is CC(C)(C)c1cc(Cc2cc(C(C)(C)C)c(N=O)c(C(C)(C)C)c2)cc(C(C)(C)C)c1N=O. The Bertz CT molecular complexity index is 897. The molecule has 2 aromatic carbocycles. The summed E-state index contributed by atoms with van der Waals surface area (Å²) in [5.74, 6) is 0. The Morgan fingerprint density at radius 1 is 0.485 bits per heavy atom. The van der Waals surface area contributed by atoms with E-state index in [0.29, 0.717) is 17.8 Å². The summed E-state index contributed by atoms with van der Waals surface area (Å²) in [5, 5.41) is 6.94. The van der Waals surface area contributed by atoms with E-state index in [9.17, 15) is 9.81 Å². The summed E-state index contributed by atoms with van der Waals surface area (Å²) >= 11 is 0. The first-order valence-corrected chi connectivity index (χ1v) is 11.8. The van der Waals surface area contributed by atoms with Crippen molar-refractivity contribution >= 4 is 11.4 Å². The first kappa shape index (κ1) is 26.9. The third-order valence-corrected chi connectivity index (χ3v) is 6.16. The lowest BCUT2D eigenvalue weighted by atomic mass is 9.76. The van der Waals surface area contributed by atoms with Crippen molar-refractivity contribution in [3.8, 4) is 0 Å². The second-order valence-corrected chi connectivity index (χ2v) is 13.4. The van der Waals surface area contributed by atoms with Crippen LogP contribution in [-0.4, -0.2) is 0 Å². The van der Waals surface area contributed by atoms with Crippen molar-refractivity contribution in [2.45, 2.75) is 111 Å². The summed E-state index contributed by atoms with van der Waals surface area (Å²) in [7, 11) is 0. The molecule has 4 heteroatoms. The number of nitroso groups, excluding NO2 is 2. The van der Waals surface area contributed by atoms with Gasteiger partial charge in [-0.15, -0.1) is 9.81 Å². The van der Waals surface area contributed by atoms with Crippen LogP contribution in [0.1, 0.15) is 116 Å². The molecule has 0 N–H and O–H groups in total. The van der Waals surface area contributed by atoms with Gasteiger partial charge in [0.05, 0.1) is 0 Å². The van der Waals surface area contributed by atoms with Crippen molar-refractivity contribution in [3.63, 3.8) is 0 Å². The lowest BCUT2D eigenvalue weighted by molar-refractivity contribution is 0.568. The molecule has 4 nitrogen and oxygen atoms in total. The van der Waals surface area contributed by atoms with Gasteiger partial charge in [0.25, 0.3) is 0 Å². The zero-order chi connectivity index (χ0) is 25.6. The molecule has 180 valence electrons. The Labute approximate surface area is 200 Å². The summed E-state index contributed by atoms with van der Waals surface area (Å²) in [4.78, 5) is 23.8. The van der Waals surface area contributed by atoms with Gasteiger partial charge in [-0.25, -0.2) is 0 Å². The van der Waals surface area contributed by atoms with E-state index in [1.165, 1.54) is 0 Å². The Morgan fingerprint density at radius 3 is 0.848 bits per heavy atom. The Morgan fingerprint density at radius 2 is 0.697 bits per heavy atom. The third kappa shape index (κ3) is 5.96. The van der Waals surface area contributed by atoms with Crippen molar-refractivity contribution in [1.29, 1.82) is 0 Å². The standard InChI is InChI=1S/C29H42N2O2/c1-26(2,3)20-14-18(15-21(24(20)30-32)27(4,5)6)13-19-16-22(28(7,8)9)25(31-33)23(17-19)29(10,11)12/h14-17H,13H2,1-12H3. The Hall–Kier alpha value is -2.36. The molecule has 0 heterocycles. The Kier molecular flexibility index (Phi) is 7.15. The maximum absolute atomic E-state index is 11.9. The zero-order valence-electron chi connectivity index (χ0n) is 22.7. The van der Waals surface area contributed by atoms with E-state index in [2.05, 4.69) is 118 Å². The van der Waals surface area contributed by atoms with Gasteiger partial charge >= 0.3 is 0 Å². The lowest BCUT2D eigenvalue weighted by Crippen LogP contribution is -2.19. The van der Waals surface area contributed by atoms with Crippen LogP contribution >= 0.6 is 0 Å². The highest BCUT2D eigenvalue weighted by atomic mass is 16.3. The van der Waals surface area contributed by atoms with E-state index in [1.54, 1.807) is 0 Å². The number of hydrogen-bond donors (Lipinski definition) is 0. The molecule has 0 saturated heterocycles. The second-order valence-electron chi connectivity index (χ2n) is 13.4. The number of nitrogens with zero attached hydrogens (tertiary/aromatic N) is 2. The molecule has 33 heavy (non-hydrogen) atoms. The van der Waals surface area contributed by atoms with Crippen LogP contribution in [0.25, 0.3) is 0 Å². The largest absolute Gasteiger partial charge is 0.145 e. The van der Waals surface area contributed by atoms with Crippen LogP contribution < -0.4 is 0 Å². The monoisotopic (exact) mass is 450 g/mol. The molecular weight excluding hydrogens is 408 g/mol. The molecule has 0 saturated carbocycles. The van der Waals surface area contributed by atoms with Crippen molar-refractivity contribution in [2.24, 2.45) is 10.4 Å². The molecule has 0 amide bonds. The molecule has 0 fully saturated rings. The quantitative estimate of drug-likeness (QED) is 0.436. The number of benzene rings is 2. The minimum Gasteiger partial charge on any atom is -0.145 e. The van der Waals surface area contributed by atoms with Crippen molar-refractivity contribution < 1.29 is 0 Å². The highest BCUT2D eigenvalue weighted by molar-refractivity contribution is 5.62. The molecule has 0 spiro atoms. The van der Waals surface area contributed by atoms with Gasteiger partial charge in [-0.05, 0) is 71.8 Å². The fraction of sp³-hybridized carbons (Fsp3) is 0.586. The Balaban J connectivity index is 2.82. The highest BCUT2D eigenvalue weighted by Gasteiger charge is 2.29. The van der Waals surface area contributed by atoms with Crippen molar-refractivity contribution in [3.05, 3.63) is 67.5 Å². The minimum atomic E-state index is -0.211. The van der Waals surface area contributed by atoms with Crippen LogP contribution in [0.2, 0.25) is 0 Å². The lowest BCUT2D eigenvalue weighted by Gasteiger charge is -2.29. The van der Waals surface area contributed by atoms with E-state index >= 15 is 0 Å². The zero-order valence-corrected chi connectivity index (χ0v) is 22.7. The van der Waals surface area contributed by atoms with E-state index in [0.717, 1.165) is 33.4 Å². The molecule has 0 aliphatic heterocycles. The smallest absolute Gasteiger partial charge is 0.115 e. The molecule has 0 aromatic heterocycles. The van der Waals surface area contributed by atoms with Crippen LogP contribution in [0, 0.1) is 9.81 Å². The molecule has 0 atom stereocenters. The maximum Gasteiger partial charge on any atom is 0.115 e. The van der Waals surface area contributed by atoms with E-state index in [4.69, 9.17) is 0 Å². The molecule has 0 bridgehead atoms. The van der Waals surface area contributed by atoms with Gasteiger partial charge in [-0.2, -0.15) is 0 Å². The summed E-state index contributed by atoms with van der Waals surface area (Å²) in [6.45, 7) is 25.4. The average molecular weight is 451 g/mol. The summed E-state index contributed by atoms with van der Waals surface area (Å²) in [5.41, 5.74) is 6.44. The third-order valence-electron chi connectivity index (χ3n) is 6.16. The van der Waals surface area contributed by atoms with Crippen LogP contribution in [0.15, 0.2) is 34.6 Å². The summed E-state index contributed by atoms with van der Waals surface area (Å²) in [6.07, 6.45) is 0.705. The van der Waals surface area contributed by atoms with E-state index in [-0.39, 0.29) is 21.7 Å². The van der Waals surface area contributed by atoms with Crippen LogP contribution in [0.3, 0.4) is 0 Å².